The number of nitriles is 4. The van der Waals surface area contributed by atoms with Crippen LogP contribution in [0.15, 0.2) is 185 Å². The lowest BCUT2D eigenvalue weighted by Gasteiger charge is -2.27. The van der Waals surface area contributed by atoms with Crippen molar-refractivity contribution >= 4 is 141 Å². The molecule has 28 nitrogen and oxygen atoms in total. The molecule has 6 fully saturated rings. The van der Waals surface area contributed by atoms with Crippen LogP contribution in [0.1, 0.15) is 144 Å². The number of aromatic amines is 4. The molecule has 4 atom stereocenters. The summed E-state index contributed by atoms with van der Waals surface area (Å²) in [7, 11) is -15.9. The maximum Gasteiger partial charge on any atom is 0.265 e. The van der Waals surface area contributed by atoms with Gasteiger partial charge in [-0.25, -0.2) is 33.7 Å². The molecule has 0 amide bonds. The molecule has 688 valence electrons. The van der Waals surface area contributed by atoms with Gasteiger partial charge < -0.3 is 30.6 Å². The minimum Gasteiger partial charge on any atom is -0.383 e. The van der Waals surface area contributed by atoms with E-state index in [1.165, 1.54) is 125 Å². The van der Waals surface area contributed by atoms with Gasteiger partial charge in [-0.1, -0.05) is 86.0 Å². The van der Waals surface area contributed by atoms with Gasteiger partial charge in [0.05, 0.1) is 98.9 Å². The van der Waals surface area contributed by atoms with Gasteiger partial charge in [0.15, 0.2) is 0 Å². The molecular weight excluding hydrogens is 1820 g/mol. The van der Waals surface area contributed by atoms with Gasteiger partial charge in [0.25, 0.3) is 62.3 Å². The molecule has 0 radical (unpaired) electrons. The summed E-state index contributed by atoms with van der Waals surface area (Å²) in [5.74, 6) is 2.90. The first kappa shape index (κ1) is 90.8. The van der Waals surface area contributed by atoms with E-state index in [2.05, 4.69) is 64.6 Å². The number of sulfonamides is 4. The number of fused-ring (bicyclic) bond motifs is 12. The maximum atomic E-state index is 14.0. The van der Waals surface area contributed by atoms with Gasteiger partial charge >= 0.3 is 0 Å². The lowest BCUT2D eigenvalue weighted by molar-refractivity contribution is 0.221. The van der Waals surface area contributed by atoms with E-state index >= 15 is 0 Å². The van der Waals surface area contributed by atoms with Crippen molar-refractivity contribution in [3.8, 4) is 24.3 Å². The van der Waals surface area contributed by atoms with Crippen LogP contribution in [0.25, 0.3) is 43.1 Å². The molecule has 10 aliphatic rings. The van der Waals surface area contributed by atoms with E-state index in [9.17, 15) is 73.9 Å². The van der Waals surface area contributed by atoms with Gasteiger partial charge in [0, 0.05) is 168 Å². The molecule has 4 bridgehead atoms. The predicted octanol–water partition coefficient (Wildman–Crippen LogP) is 15.0. The largest absolute Gasteiger partial charge is 0.383 e. The van der Waals surface area contributed by atoms with Gasteiger partial charge in [-0.3, -0.25) is 46.2 Å². The molecule has 6 N–H and O–H groups in total. The zero-order chi connectivity index (χ0) is 93.6. The van der Waals surface area contributed by atoms with E-state index in [-0.39, 0.29) is 75.4 Å². The SMILES string of the molecule is Cc1c[nH]c(=O)c2cccc(S(=O)(=O)N3CCc4c(CC5CCC5)cc(C#N)cc43)c12.Cc1c[nH]c(=O)c2cccc(S(=O)(=O)N3CCc4c(NCCN5C[C@H]6CC[C@@H]5C6)cc(C#N)cc43)c12.N#Cc1cc(CC2CCC2)c2c(c1)N(S(=O)(=O)c1cccc3c(=O)[nH]cc(Cl)c13)CC2.N#Cc1cc(NCCN2C[C@H]3CC[C@@H]2C3)c2c(c1)N(S(=O)(=O)c1cccc3c(=O)[nH]cc(Cl)c13)CC2. The number of benzene rings is 8. The van der Waals surface area contributed by atoms with E-state index in [1.54, 1.807) is 117 Å². The first-order valence-corrected chi connectivity index (χ1v) is 52.2. The second-order valence-corrected chi connectivity index (χ2v) is 45.0. The number of nitrogens with one attached hydrogen (secondary N) is 6. The first-order chi connectivity index (χ1) is 64.5. The first-order valence-electron chi connectivity index (χ1n) is 45.7. The summed E-state index contributed by atoms with van der Waals surface area (Å²) in [6.45, 7) is 10.4. The number of aryl methyl sites for hydroxylation is 2. The summed E-state index contributed by atoms with van der Waals surface area (Å²) >= 11 is 12.6. The van der Waals surface area contributed by atoms with Crippen LogP contribution in [0.3, 0.4) is 0 Å². The highest BCUT2D eigenvalue weighted by Crippen LogP contribution is 2.48. The van der Waals surface area contributed by atoms with Gasteiger partial charge in [0.2, 0.25) is 0 Å². The fraction of sp³-hybridized carbons (Fsp3) is 0.360. The molecule has 4 saturated carbocycles. The van der Waals surface area contributed by atoms with Gasteiger partial charge in [-0.2, -0.15) is 21.0 Å². The lowest BCUT2D eigenvalue weighted by Crippen LogP contribution is -2.35. The summed E-state index contributed by atoms with van der Waals surface area (Å²) in [6.07, 6.45) is 24.9. The van der Waals surface area contributed by atoms with Crippen molar-refractivity contribution in [1.82, 2.24) is 29.7 Å². The Labute approximate surface area is 786 Å². The topological polar surface area (TPSA) is 407 Å². The Bertz CT molecular complexity index is 7350. The molecule has 8 aromatic carbocycles. The fourth-order valence-electron chi connectivity index (χ4n) is 22.0. The van der Waals surface area contributed by atoms with Crippen molar-refractivity contribution in [2.75, 3.05) is 93.3 Å². The number of piperidine rings is 2. The zero-order valence-corrected chi connectivity index (χ0v) is 78.7. The number of hydrogen-bond donors (Lipinski definition) is 6. The molecule has 10 heterocycles. The van der Waals surface area contributed by atoms with E-state index in [4.69, 9.17) is 23.2 Å². The Hall–Kier alpha value is -12.3. The van der Waals surface area contributed by atoms with Crippen LogP contribution < -0.4 is 50.1 Å². The average molecular weight is 1920 g/mol. The molecule has 4 aromatic heterocycles. The molecule has 6 aliphatic heterocycles. The second-order valence-electron chi connectivity index (χ2n) is 36.8. The smallest absolute Gasteiger partial charge is 0.265 e. The number of pyridine rings is 4. The van der Waals surface area contributed by atoms with Crippen LogP contribution in [-0.2, 0) is 78.6 Å². The molecule has 2 saturated heterocycles. The normalized spacial score (nSPS) is 18.9. The Morgan fingerprint density at radius 2 is 0.694 bits per heavy atom. The van der Waals surface area contributed by atoms with Crippen LogP contribution in [0.2, 0.25) is 10.0 Å². The molecule has 12 aromatic rings. The van der Waals surface area contributed by atoms with Crippen LogP contribution in [0.5, 0.6) is 0 Å². The van der Waals surface area contributed by atoms with Crippen molar-refractivity contribution in [3.63, 3.8) is 0 Å². The van der Waals surface area contributed by atoms with Crippen molar-refractivity contribution in [2.45, 2.75) is 161 Å². The monoisotopic (exact) mass is 1910 g/mol. The summed E-state index contributed by atoms with van der Waals surface area (Å²) in [4.78, 5) is 64.9. The lowest BCUT2D eigenvalue weighted by atomic mass is 9.79. The number of anilines is 6. The van der Waals surface area contributed by atoms with Gasteiger partial charge in [-0.15, -0.1) is 0 Å². The van der Waals surface area contributed by atoms with Gasteiger partial charge in [0.1, 0.15) is 0 Å². The third kappa shape index (κ3) is 16.7. The standard InChI is InChI=1S/C27H29N5O3S.C26H26ClN5O3S.C24H23N3O3S.C23H20ClN3O3S/c1-17-15-30-27(33)22-3-2-4-25(26(17)22)36(34,35)32-9-7-21-23(12-19(14-28)13-24(21)32)29-8-10-31-16-18-5-6-20(31)11-18;27-21-14-30-26(33)20-2-1-3-24(25(20)21)36(34,35)32-8-6-19-22(11-17(13-28)12-23(19)32)29-7-9-31-15-16-4-5-18(31)10-16;1-15-14-26-24(28)20-6-3-7-22(23(15)20)31(29,30)27-9-8-19-18(10-16-4-2-5-16)11-17(13-25)12-21(19)27;24-19-13-26-23(28)18-5-2-6-21(22(18)19)31(29,30)27-8-7-17-16(9-14-3-1-4-14)10-15(12-25)11-20(17)27/h2-4,12-13,15,18,20,29H,5-11,16H2,1H3,(H,30,33);1-3,11-12,14,16,18,29H,4-10,15H2,(H,30,33);3,6-7,11-12,14,16H,2,4-5,8-10H2,1H3,(H,26,28);2,5-6,10-11,13-14H,1,3-4,7-9H2,(H,26,28)/t18-,20+;16-,18+;;/m00../s1. The van der Waals surface area contributed by atoms with Gasteiger partial charge in [-0.05, 0) is 245 Å². The fourth-order valence-corrected chi connectivity index (χ4v) is 29.6. The van der Waals surface area contributed by atoms with Crippen molar-refractivity contribution in [2.24, 2.45) is 23.7 Å². The van der Waals surface area contributed by atoms with Crippen LogP contribution in [0, 0.1) is 82.8 Å². The quantitative estimate of drug-likeness (QED) is 0.0413. The van der Waals surface area contributed by atoms with Crippen molar-refractivity contribution in [1.29, 1.82) is 21.0 Å². The minimum absolute atomic E-state index is 0.00291. The summed E-state index contributed by atoms with van der Waals surface area (Å²) in [5, 5.41) is 48.2. The highest BCUT2D eigenvalue weighted by atomic mass is 35.5. The molecular formula is C100H98Cl2N16O12S4. The summed E-state index contributed by atoms with van der Waals surface area (Å²) in [5.41, 5.74) is 11.5. The second kappa shape index (κ2) is 36.5. The number of aromatic nitrogens is 4. The third-order valence-electron chi connectivity index (χ3n) is 29.0. The number of hydrogen-bond acceptors (Lipinski definition) is 20. The average Bonchev–Trinajstić information content (AvgIpc) is 1.49. The number of nitrogens with zero attached hydrogens (tertiary/aromatic N) is 10. The Morgan fingerprint density at radius 3 is 1.00 bits per heavy atom. The molecule has 134 heavy (non-hydrogen) atoms. The van der Waals surface area contributed by atoms with E-state index in [1.807, 2.05) is 18.2 Å². The van der Waals surface area contributed by atoms with E-state index < -0.39 is 51.2 Å². The molecule has 0 unspecified atom stereocenters. The summed E-state index contributed by atoms with van der Waals surface area (Å²) in [6, 6.07) is 43.0. The molecule has 22 rings (SSSR count). The Morgan fingerprint density at radius 1 is 0.388 bits per heavy atom. The van der Waals surface area contributed by atoms with Crippen LogP contribution >= 0.6 is 23.2 Å². The number of likely N-dealkylation sites (tertiary alicyclic amines) is 2. The Balaban J connectivity index is 0.000000115. The van der Waals surface area contributed by atoms with Crippen LogP contribution in [-0.4, -0.2) is 141 Å². The number of halogens is 2. The zero-order valence-electron chi connectivity index (χ0n) is 73.9. The van der Waals surface area contributed by atoms with Crippen molar-refractivity contribution < 1.29 is 33.7 Å². The van der Waals surface area contributed by atoms with E-state index in [0.717, 1.165) is 102 Å². The maximum absolute atomic E-state index is 14.0. The number of rotatable bonds is 20. The highest BCUT2D eigenvalue weighted by Gasteiger charge is 2.43. The molecule has 0 spiro atoms. The number of H-pyrrole nitrogens is 4. The van der Waals surface area contributed by atoms with Crippen molar-refractivity contribution in [3.05, 3.63) is 264 Å². The summed E-state index contributed by atoms with van der Waals surface area (Å²) < 4.78 is 116. The highest BCUT2D eigenvalue weighted by molar-refractivity contribution is 7.94. The van der Waals surface area contributed by atoms with E-state index in [0.29, 0.717) is 140 Å². The third-order valence-corrected chi connectivity index (χ3v) is 37.0. The molecule has 34 heteroatoms. The predicted molar refractivity (Wildman–Crippen MR) is 520 cm³/mol. The Kier molecular flexibility index (Phi) is 24.7. The van der Waals surface area contributed by atoms with Crippen LogP contribution in [0.4, 0.5) is 34.1 Å². The molecule has 4 aliphatic carbocycles. The minimum atomic E-state index is -4.05.